The van der Waals surface area contributed by atoms with Crippen molar-refractivity contribution in [2.75, 3.05) is 5.32 Å². The first-order chi connectivity index (χ1) is 11.0. The molecule has 0 spiro atoms. The second-order valence-corrected chi connectivity index (χ2v) is 7.49. The molecule has 118 valence electrons. The third-order valence-electron chi connectivity index (χ3n) is 2.95. The van der Waals surface area contributed by atoms with Crippen LogP contribution < -0.4 is 5.32 Å². The number of rotatable bonds is 4. The largest absolute Gasteiger partial charge is 0.324 e. The normalized spacial score (nSPS) is 10.7. The van der Waals surface area contributed by atoms with Gasteiger partial charge in [-0.2, -0.15) is 11.3 Å². The minimum Gasteiger partial charge on any atom is -0.324 e. The number of carbonyl (C=O) groups excluding carboxylic acids is 1. The van der Waals surface area contributed by atoms with Crippen molar-refractivity contribution in [2.45, 2.75) is 6.42 Å². The number of halogens is 3. The van der Waals surface area contributed by atoms with Gasteiger partial charge in [-0.3, -0.25) is 4.79 Å². The summed E-state index contributed by atoms with van der Waals surface area (Å²) in [5.74, 6) is -0.215. The molecule has 3 rings (SSSR count). The smallest absolute Gasteiger partial charge is 0.230 e. The van der Waals surface area contributed by atoms with Crippen molar-refractivity contribution in [3.05, 3.63) is 55.1 Å². The van der Waals surface area contributed by atoms with Gasteiger partial charge in [-0.25, -0.2) is 4.98 Å². The van der Waals surface area contributed by atoms with Gasteiger partial charge in [0.15, 0.2) is 0 Å². The highest BCUT2D eigenvalue weighted by molar-refractivity contribution is 7.14. The van der Waals surface area contributed by atoms with E-state index in [4.69, 9.17) is 34.8 Å². The molecule has 0 unspecified atom stereocenters. The number of nitrogens with zero attached hydrogens (tertiary/aromatic N) is 1. The van der Waals surface area contributed by atoms with Gasteiger partial charge in [-0.1, -0.05) is 34.8 Å². The zero-order valence-corrected chi connectivity index (χ0v) is 15.4. The van der Waals surface area contributed by atoms with Crippen LogP contribution in [0.4, 0.5) is 5.69 Å². The van der Waals surface area contributed by atoms with Crippen LogP contribution in [0.15, 0.2) is 34.3 Å². The van der Waals surface area contributed by atoms with Gasteiger partial charge in [0.2, 0.25) is 5.91 Å². The molecule has 0 aliphatic heterocycles. The van der Waals surface area contributed by atoms with Gasteiger partial charge >= 0.3 is 0 Å². The lowest BCUT2D eigenvalue weighted by Crippen LogP contribution is -2.15. The average Bonchev–Trinajstić information content (AvgIpc) is 3.15. The molecule has 23 heavy (non-hydrogen) atoms. The van der Waals surface area contributed by atoms with Gasteiger partial charge in [0, 0.05) is 16.3 Å². The quantitative estimate of drug-likeness (QED) is 0.542. The third kappa shape index (κ3) is 4.05. The summed E-state index contributed by atoms with van der Waals surface area (Å²) < 4.78 is 0. The lowest BCUT2D eigenvalue weighted by molar-refractivity contribution is -0.115. The van der Waals surface area contributed by atoms with E-state index in [1.807, 2.05) is 22.2 Å². The van der Waals surface area contributed by atoms with E-state index in [2.05, 4.69) is 10.3 Å². The molecule has 2 heterocycles. The molecule has 1 aromatic carbocycles. The first kappa shape index (κ1) is 16.7. The standard InChI is InChI=1S/C15H9Cl3N2OS2/c16-10-4-12(18)13(5-11(10)17)20-14(21)3-9-7-23-15(19-9)8-1-2-22-6-8/h1-2,4-7H,3H2,(H,20,21). The zero-order valence-electron chi connectivity index (χ0n) is 11.5. The molecular weight excluding hydrogens is 395 g/mol. The van der Waals surface area contributed by atoms with Gasteiger partial charge in [0.1, 0.15) is 5.01 Å². The Morgan fingerprint density at radius 1 is 1.13 bits per heavy atom. The molecule has 1 amide bonds. The molecule has 0 fully saturated rings. The summed E-state index contributed by atoms with van der Waals surface area (Å²) in [4.78, 5) is 16.6. The Bertz CT molecular complexity index is 847. The fourth-order valence-electron chi connectivity index (χ4n) is 1.88. The Balaban J connectivity index is 1.69. The number of anilines is 1. The Morgan fingerprint density at radius 2 is 1.91 bits per heavy atom. The first-order valence-electron chi connectivity index (χ1n) is 6.44. The lowest BCUT2D eigenvalue weighted by atomic mass is 10.2. The molecule has 3 nitrogen and oxygen atoms in total. The summed E-state index contributed by atoms with van der Waals surface area (Å²) in [5.41, 5.74) is 2.21. The second-order valence-electron chi connectivity index (χ2n) is 4.63. The highest BCUT2D eigenvalue weighted by atomic mass is 35.5. The van der Waals surface area contributed by atoms with E-state index in [1.165, 1.54) is 23.5 Å². The van der Waals surface area contributed by atoms with Crippen molar-refractivity contribution >= 4 is 69.1 Å². The molecule has 0 aliphatic carbocycles. The minimum absolute atomic E-state index is 0.164. The fraction of sp³-hybridized carbons (Fsp3) is 0.0667. The molecule has 0 radical (unpaired) electrons. The fourth-order valence-corrected chi connectivity index (χ4v) is 4.01. The van der Waals surface area contributed by atoms with Crippen LogP contribution >= 0.6 is 57.5 Å². The van der Waals surface area contributed by atoms with Crippen molar-refractivity contribution in [3.8, 4) is 10.6 Å². The first-order valence-corrected chi connectivity index (χ1v) is 9.40. The highest BCUT2D eigenvalue weighted by Crippen LogP contribution is 2.32. The predicted molar refractivity (Wildman–Crippen MR) is 99.2 cm³/mol. The van der Waals surface area contributed by atoms with Gasteiger partial charge in [-0.05, 0) is 23.6 Å². The Hall–Kier alpha value is -1.11. The maximum atomic E-state index is 12.1. The Labute approximate surface area is 155 Å². The van der Waals surface area contributed by atoms with Crippen LogP contribution in [0.3, 0.4) is 0 Å². The molecule has 8 heteroatoms. The molecular formula is C15H9Cl3N2OS2. The SMILES string of the molecule is O=C(Cc1csc(-c2ccsc2)n1)Nc1cc(Cl)c(Cl)cc1Cl. The molecule has 3 aromatic rings. The molecule has 0 saturated carbocycles. The van der Waals surface area contributed by atoms with Crippen LogP contribution in [0.25, 0.3) is 10.6 Å². The van der Waals surface area contributed by atoms with Crippen molar-refractivity contribution in [1.29, 1.82) is 0 Å². The Kier molecular flexibility index (Phi) is 5.24. The average molecular weight is 404 g/mol. The van der Waals surface area contributed by atoms with Crippen LogP contribution in [-0.2, 0) is 11.2 Å². The Morgan fingerprint density at radius 3 is 2.65 bits per heavy atom. The monoisotopic (exact) mass is 402 g/mol. The highest BCUT2D eigenvalue weighted by Gasteiger charge is 2.12. The summed E-state index contributed by atoms with van der Waals surface area (Å²) in [6, 6.07) is 5.03. The minimum atomic E-state index is -0.215. The summed E-state index contributed by atoms with van der Waals surface area (Å²) in [5, 5.41) is 10.5. The number of hydrogen-bond donors (Lipinski definition) is 1. The number of hydrogen-bond acceptors (Lipinski definition) is 4. The number of nitrogens with one attached hydrogen (secondary N) is 1. The van der Waals surface area contributed by atoms with E-state index in [1.54, 1.807) is 11.3 Å². The molecule has 1 N–H and O–H groups in total. The van der Waals surface area contributed by atoms with Gasteiger partial charge in [-0.15, -0.1) is 11.3 Å². The molecule has 0 saturated heterocycles. The van der Waals surface area contributed by atoms with E-state index >= 15 is 0 Å². The molecule has 0 aliphatic rings. The van der Waals surface area contributed by atoms with E-state index in [0.717, 1.165) is 10.6 Å². The summed E-state index contributed by atoms with van der Waals surface area (Å²) in [6.45, 7) is 0. The van der Waals surface area contributed by atoms with Crippen LogP contribution in [0.2, 0.25) is 15.1 Å². The third-order valence-corrected chi connectivity index (χ3v) is 5.60. The second kappa shape index (κ2) is 7.20. The summed E-state index contributed by atoms with van der Waals surface area (Å²) in [6.07, 6.45) is 0.164. The number of amides is 1. The van der Waals surface area contributed by atoms with E-state index in [0.29, 0.717) is 26.4 Å². The maximum absolute atomic E-state index is 12.1. The molecule has 0 atom stereocenters. The van der Waals surface area contributed by atoms with Crippen molar-refractivity contribution in [3.63, 3.8) is 0 Å². The van der Waals surface area contributed by atoms with Crippen LogP contribution in [0.5, 0.6) is 0 Å². The molecule has 2 aromatic heterocycles. The van der Waals surface area contributed by atoms with Gasteiger partial charge in [0.05, 0.1) is 32.9 Å². The van der Waals surface area contributed by atoms with Crippen molar-refractivity contribution < 1.29 is 4.79 Å². The number of benzene rings is 1. The number of carbonyl (C=O) groups is 1. The topological polar surface area (TPSA) is 42.0 Å². The van der Waals surface area contributed by atoms with Crippen molar-refractivity contribution in [1.82, 2.24) is 4.98 Å². The lowest BCUT2D eigenvalue weighted by Gasteiger charge is -2.08. The van der Waals surface area contributed by atoms with Crippen LogP contribution in [0, 0.1) is 0 Å². The maximum Gasteiger partial charge on any atom is 0.230 e. The predicted octanol–water partition coefficient (Wildman–Crippen LogP) is 6.01. The van der Waals surface area contributed by atoms with Gasteiger partial charge < -0.3 is 5.32 Å². The van der Waals surface area contributed by atoms with Crippen molar-refractivity contribution in [2.24, 2.45) is 0 Å². The number of aromatic nitrogens is 1. The van der Waals surface area contributed by atoms with E-state index in [9.17, 15) is 4.79 Å². The van der Waals surface area contributed by atoms with E-state index in [-0.39, 0.29) is 12.3 Å². The molecule has 0 bridgehead atoms. The summed E-state index contributed by atoms with van der Waals surface area (Å²) in [7, 11) is 0. The van der Waals surface area contributed by atoms with Gasteiger partial charge in [0.25, 0.3) is 0 Å². The summed E-state index contributed by atoms with van der Waals surface area (Å²) >= 11 is 21.0. The zero-order chi connectivity index (χ0) is 16.4. The van der Waals surface area contributed by atoms with Crippen LogP contribution in [0.1, 0.15) is 5.69 Å². The van der Waals surface area contributed by atoms with Crippen LogP contribution in [-0.4, -0.2) is 10.9 Å². The number of thiazole rings is 1. The number of thiophene rings is 1. The van der Waals surface area contributed by atoms with E-state index < -0.39 is 0 Å².